The molecule has 0 bridgehead atoms. The van der Waals surface area contributed by atoms with Crippen LogP contribution in [0.3, 0.4) is 0 Å². The second-order valence-corrected chi connectivity index (χ2v) is 17.3. The van der Waals surface area contributed by atoms with Crippen molar-refractivity contribution in [1.29, 1.82) is 0 Å². The molecule has 7 nitrogen and oxygen atoms in total. The molecule has 1 amide bonds. The normalized spacial score (nSPS) is 19.4. The number of ether oxygens (including phenoxy) is 1. The van der Waals surface area contributed by atoms with Crippen LogP contribution < -0.4 is 10.4 Å². The van der Waals surface area contributed by atoms with Crippen molar-refractivity contribution in [2.24, 2.45) is 0 Å². The maximum Gasteiger partial charge on any atom is 0.410 e. The van der Waals surface area contributed by atoms with E-state index >= 15 is 0 Å². The van der Waals surface area contributed by atoms with Gasteiger partial charge in [0.1, 0.15) is 5.60 Å². The summed E-state index contributed by atoms with van der Waals surface area (Å²) in [5, 5.41) is 2.06. The van der Waals surface area contributed by atoms with Gasteiger partial charge in [-0.1, -0.05) is 81.4 Å². The maximum atomic E-state index is 13.1. The Hall–Kier alpha value is -2.20. The predicted molar refractivity (Wildman–Crippen MR) is 145 cm³/mol. The van der Waals surface area contributed by atoms with E-state index in [1.807, 2.05) is 36.4 Å². The van der Waals surface area contributed by atoms with E-state index < -0.39 is 36.2 Å². The standard InChI is InChI=1S/C27H39NO6SSi/c1-26(2,3)33-25(29)28-19-22(18-21(28)20-32-35(7,30)31)34-36(27(4,5)6,23-14-10-8-11-15-23)24-16-12-9-13-17-24/h8-17,21-22H,18-20H2,1-7H3/t21-,22-/m0/s1. The van der Waals surface area contributed by atoms with Gasteiger partial charge in [-0.15, -0.1) is 0 Å². The minimum atomic E-state index is -3.67. The van der Waals surface area contributed by atoms with Crippen molar-refractivity contribution < 1.29 is 26.6 Å². The van der Waals surface area contributed by atoms with Crippen LogP contribution in [0.4, 0.5) is 4.79 Å². The number of hydrogen-bond acceptors (Lipinski definition) is 6. The molecule has 2 aromatic rings. The van der Waals surface area contributed by atoms with Crippen LogP contribution in [0.5, 0.6) is 0 Å². The molecule has 0 aromatic heterocycles. The molecular weight excluding hydrogens is 494 g/mol. The zero-order chi connectivity index (χ0) is 26.8. The van der Waals surface area contributed by atoms with Gasteiger partial charge < -0.3 is 14.1 Å². The van der Waals surface area contributed by atoms with Gasteiger partial charge in [-0.25, -0.2) is 4.79 Å². The zero-order valence-corrected chi connectivity index (χ0v) is 24.2. The molecule has 9 heteroatoms. The number of hydrogen-bond donors (Lipinski definition) is 0. The minimum absolute atomic E-state index is 0.140. The van der Waals surface area contributed by atoms with Crippen molar-refractivity contribution in [3.8, 4) is 0 Å². The van der Waals surface area contributed by atoms with Crippen LogP contribution in [-0.2, 0) is 23.5 Å². The fourth-order valence-electron chi connectivity index (χ4n) is 4.80. The van der Waals surface area contributed by atoms with Crippen molar-refractivity contribution in [3.63, 3.8) is 0 Å². The molecule has 0 N–H and O–H groups in total. The molecule has 0 aliphatic carbocycles. The highest BCUT2D eigenvalue weighted by atomic mass is 32.2. The van der Waals surface area contributed by atoms with Gasteiger partial charge in [0.15, 0.2) is 0 Å². The molecule has 0 radical (unpaired) electrons. The number of carbonyl (C=O) groups excluding carboxylic acids is 1. The number of carbonyl (C=O) groups is 1. The lowest BCUT2D eigenvalue weighted by molar-refractivity contribution is 0.0177. The van der Waals surface area contributed by atoms with Crippen molar-refractivity contribution in [2.45, 2.75) is 70.7 Å². The Kier molecular flexibility index (Phi) is 8.39. The summed E-state index contributed by atoms with van der Waals surface area (Å²) in [7, 11) is -6.52. The average molecular weight is 534 g/mol. The first kappa shape index (κ1) is 28.4. The highest BCUT2D eigenvalue weighted by molar-refractivity contribution is 7.85. The first-order valence-corrected chi connectivity index (χ1v) is 16.0. The predicted octanol–water partition coefficient (Wildman–Crippen LogP) is 3.92. The third-order valence-corrected chi connectivity index (χ3v) is 11.9. The molecule has 3 rings (SSSR count). The number of nitrogens with zero attached hydrogens (tertiary/aromatic N) is 1. The summed E-state index contributed by atoms with van der Waals surface area (Å²) < 4.78 is 41.4. The summed E-state index contributed by atoms with van der Waals surface area (Å²) in [6.45, 7) is 12.2. The summed E-state index contributed by atoms with van der Waals surface area (Å²) in [5.41, 5.74) is -0.684. The summed E-state index contributed by atoms with van der Waals surface area (Å²) in [4.78, 5) is 14.7. The first-order chi connectivity index (χ1) is 16.6. The molecule has 1 fully saturated rings. The van der Waals surface area contributed by atoms with Crippen molar-refractivity contribution in [3.05, 3.63) is 60.7 Å². The van der Waals surface area contributed by atoms with Crippen molar-refractivity contribution >= 4 is 34.9 Å². The number of rotatable bonds is 7. The number of likely N-dealkylation sites (tertiary alicyclic amines) is 1. The van der Waals surface area contributed by atoms with Gasteiger partial charge in [-0.3, -0.25) is 4.18 Å². The lowest BCUT2D eigenvalue weighted by atomic mass is 10.2. The van der Waals surface area contributed by atoms with Gasteiger partial charge in [0.05, 0.1) is 25.0 Å². The molecule has 0 spiro atoms. The molecular formula is C27H39NO6SSi. The van der Waals surface area contributed by atoms with Gasteiger partial charge in [-0.2, -0.15) is 8.42 Å². The average Bonchev–Trinajstić information content (AvgIpc) is 3.18. The summed E-state index contributed by atoms with van der Waals surface area (Å²) >= 11 is 0. The van der Waals surface area contributed by atoms with E-state index in [2.05, 4.69) is 45.0 Å². The molecule has 2 atom stereocenters. The monoisotopic (exact) mass is 533 g/mol. The molecule has 198 valence electrons. The van der Waals surface area contributed by atoms with E-state index in [1.165, 1.54) is 0 Å². The minimum Gasteiger partial charge on any atom is -0.444 e. The molecule has 0 unspecified atom stereocenters. The topological polar surface area (TPSA) is 82.1 Å². The van der Waals surface area contributed by atoms with Crippen LogP contribution in [-0.4, -0.2) is 64.9 Å². The van der Waals surface area contributed by atoms with Gasteiger partial charge >= 0.3 is 6.09 Å². The van der Waals surface area contributed by atoms with Gasteiger partial charge in [0.25, 0.3) is 18.4 Å². The second-order valence-electron chi connectivity index (χ2n) is 11.4. The first-order valence-electron chi connectivity index (χ1n) is 12.3. The third-order valence-electron chi connectivity index (χ3n) is 6.24. The lowest BCUT2D eigenvalue weighted by Gasteiger charge is -2.44. The van der Waals surface area contributed by atoms with Gasteiger partial charge in [-0.05, 0) is 42.6 Å². The van der Waals surface area contributed by atoms with E-state index in [0.717, 1.165) is 16.6 Å². The Labute approximate surface area is 217 Å². The van der Waals surface area contributed by atoms with Crippen molar-refractivity contribution in [1.82, 2.24) is 4.90 Å². The SMILES string of the molecule is CC(C)(C)OC(=O)N1C[C@@H](O[Si](c2ccccc2)(c2ccccc2)C(C)(C)C)C[C@H]1COS(C)(=O)=O. The molecule has 0 saturated carbocycles. The van der Waals surface area contributed by atoms with Crippen LogP contribution in [0, 0.1) is 0 Å². The Balaban J connectivity index is 2.02. The highest BCUT2D eigenvalue weighted by Crippen LogP contribution is 2.39. The number of amides is 1. The van der Waals surface area contributed by atoms with E-state index in [9.17, 15) is 13.2 Å². The molecule has 1 heterocycles. The number of benzene rings is 2. The van der Waals surface area contributed by atoms with Gasteiger partial charge in [0, 0.05) is 6.54 Å². The van der Waals surface area contributed by atoms with Crippen LogP contribution in [0.2, 0.25) is 5.04 Å². The lowest BCUT2D eigenvalue weighted by Crippen LogP contribution is -2.67. The van der Waals surface area contributed by atoms with Crippen LogP contribution >= 0.6 is 0 Å². The summed E-state index contributed by atoms with van der Waals surface area (Å²) in [6, 6.07) is 20.1. The molecule has 1 aliphatic heterocycles. The van der Waals surface area contributed by atoms with Gasteiger partial charge in [0.2, 0.25) is 0 Å². The molecule has 2 aromatic carbocycles. The Morgan fingerprint density at radius 3 is 1.86 bits per heavy atom. The fraction of sp³-hybridized carbons (Fsp3) is 0.519. The fourth-order valence-corrected chi connectivity index (χ4v) is 9.89. The zero-order valence-electron chi connectivity index (χ0n) is 22.4. The largest absolute Gasteiger partial charge is 0.444 e. The summed E-state index contributed by atoms with van der Waals surface area (Å²) in [5.74, 6) is 0. The Morgan fingerprint density at radius 2 is 1.44 bits per heavy atom. The Bertz CT molecular complexity index is 1090. The molecule has 1 saturated heterocycles. The summed E-state index contributed by atoms with van der Waals surface area (Å²) in [6.07, 6.45) is 0.630. The molecule has 1 aliphatic rings. The van der Waals surface area contributed by atoms with Crippen LogP contribution in [0.15, 0.2) is 60.7 Å². The van der Waals surface area contributed by atoms with Crippen LogP contribution in [0.1, 0.15) is 48.0 Å². The van der Waals surface area contributed by atoms with Crippen molar-refractivity contribution in [2.75, 3.05) is 19.4 Å². The maximum absolute atomic E-state index is 13.1. The van der Waals surface area contributed by atoms with E-state index in [4.69, 9.17) is 13.3 Å². The van der Waals surface area contributed by atoms with E-state index in [-0.39, 0.29) is 24.3 Å². The van der Waals surface area contributed by atoms with Crippen LogP contribution in [0.25, 0.3) is 0 Å². The smallest absolute Gasteiger partial charge is 0.410 e. The quantitative estimate of drug-likeness (QED) is 0.396. The third kappa shape index (κ3) is 6.76. The van der Waals surface area contributed by atoms with E-state index in [1.54, 1.807) is 25.7 Å². The Morgan fingerprint density at radius 1 is 0.944 bits per heavy atom. The second kappa shape index (κ2) is 10.7. The highest BCUT2D eigenvalue weighted by Gasteiger charge is 2.53. The van der Waals surface area contributed by atoms with E-state index in [0.29, 0.717) is 6.42 Å². The molecule has 36 heavy (non-hydrogen) atoms.